The fraction of sp³-hybridized carbons (Fsp3) is 0.375. The topological polar surface area (TPSA) is 37.8 Å². The zero-order chi connectivity index (χ0) is 15.6. The van der Waals surface area contributed by atoms with Crippen molar-refractivity contribution in [3.05, 3.63) is 40.8 Å². The van der Waals surface area contributed by atoms with Crippen LogP contribution in [0.15, 0.2) is 24.3 Å². The van der Waals surface area contributed by atoms with Crippen molar-refractivity contribution in [2.45, 2.75) is 33.1 Å². The molecule has 0 aliphatic heterocycles. The van der Waals surface area contributed by atoms with E-state index in [-0.39, 0.29) is 10.4 Å². The molecule has 0 unspecified atom stereocenters. The Morgan fingerprint density at radius 2 is 1.90 bits per heavy atom. The van der Waals surface area contributed by atoms with Crippen LogP contribution in [0.5, 0.6) is 0 Å². The number of anilines is 1. The van der Waals surface area contributed by atoms with Crippen LogP contribution in [-0.4, -0.2) is 16.5 Å². The summed E-state index contributed by atoms with van der Waals surface area (Å²) in [4.78, 5) is 9.01. The Labute approximate surface area is 129 Å². The van der Waals surface area contributed by atoms with Gasteiger partial charge in [0.25, 0.3) is 0 Å². The van der Waals surface area contributed by atoms with Crippen LogP contribution in [0.25, 0.3) is 11.4 Å². The Kier molecular flexibility index (Phi) is 4.47. The SMILES string of the molecule is CCNc1cc(C(C)(C)C)nc(-c2ccc(Cl)c(F)c2)n1. The van der Waals surface area contributed by atoms with E-state index >= 15 is 0 Å². The molecule has 21 heavy (non-hydrogen) atoms. The van der Waals surface area contributed by atoms with E-state index in [0.717, 1.165) is 18.1 Å². The number of hydrogen-bond acceptors (Lipinski definition) is 3. The molecule has 2 rings (SSSR count). The second-order valence-corrected chi connectivity index (χ2v) is 6.28. The van der Waals surface area contributed by atoms with Gasteiger partial charge in [-0.15, -0.1) is 0 Å². The first-order chi connectivity index (χ1) is 9.81. The molecule has 0 saturated carbocycles. The molecule has 0 radical (unpaired) electrons. The minimum atomic E-state index is -0.469. The van der Waals surface area contributed by atoms with E-state index in [9.17, 15) is 4.39 Å². The summed E-state index contributed by atoms with van der Waals surface area (Å²) < 4.78 is 13.6. The number of nitrogens with one attached hydrogen (secondary N) is 1. The lowest BCUT2D eigenvalue weighted by Crippen LogP contribution is -2.16. The summed E-state index contributed by atoms with van der Waals surface area (Å²) in [6, 6.07) is 6.54. The van der Waals surface area contributed by atoms with Crippen molar-refractivity contribution in [1.82, 2.24) is 9.97 Å². The van der Waals surface area contributed by atoms with Crippen LogP contribution in [-0.2, 0) is 5.41 Å². The number of halogens is 2. The highest BCUT2D eigenvalue weighted by atomic mass is 35.5. The van der Waals surface area contributed by atoms with Gasteiger partial charge in [-0.1, -0.05) is 32.4 Å². The van der Waals surface area contributed by atoms with Gasteiger partial charge in [0.05, 0.1) is 10.7 Å². The van der Waals surface area contributed by atoms with Gasteiger partial charge in [0.15, 0.2) is 5.82 Å². The van der Waals surface area contributed by atoms with Crippen LogP contribution in [0.1, 0.15) is 33.4 Å². The summed E-state index contributed by atoms with van der Waals surface area (Å²) >= 11 is 5.72. The van der Waals surface area contributed by atoms with Crippen LogP contribution >= 0.6 is 11.6 Å². The van der Waals surface area contributed by atoms with Gasteiger partial charge in [-0.05, 0) is 25.1 Å². The molecule has 0 atom stereocenters. The number of hydrogen-bond donors (Lipinski definition) is 1. The average Bonchev–Trinajstić information content (AvgIpc) is 2.41. The van der Waals surface area contributed by atoms with E-state index in [1.807, 2.05) is 13.0 Å². The molecule has 0 bridgehead atoms. The average molecular weight is 308 g/mol. The van der Waals surface area contributed by atoms with E-state index in [2.05, 4.69) is 36.1 Å². The van der Waals surface area contributed by atoms with Crippen molar-refractivity contribution in [3.8, 4) is 11.4 Å². The molecule has 1 N–H and O–H groups in total. The second-order valence-electron chi connectivity index (χ2n) is 5.87. The number of nitrogens with zero attached hydrogens (tertiary/aromatic N) is 2. The van der Waals surface area contributed by atoms with Gasteiger partial charge in [-0.3, -0.25) is 0 Å². The first-order valence-electron chi connectivity index (χ1n) is 6.90. The Hall–Kier alpha value is -1.68. The molecule has 1 aromatic carbocycles. The lowest BCUT2D eigenvalue weighted by molar-refractivity contribution is 0.568. The molecule has 0 aliphatic carbocycles. The molecular weight excluding hydrogens is 289 g/mol. The summed E-state index contributed by atoms with van der Waals surface area (Å²) in [7, 11) is 0. The Balaban J connectivity index is 2.56. The van der Waals surface area contributed by atoms with Gasteiger partial charge in [0.1, 0.15) is 11.6 Å². The van der Waals surface area contributed by atoms with Gasteiger partial charge in [-0.2, -0.15) is 0 Å². The molecule has 2 aromatic rings. The smallest absolute Gasteiger partial charge is 0.161 e. The van der Waals surface area contributed by atoms with Crippen molar-refractivity contribution in [3.63, 3.8) is 0 Å². The molecule has 0 amide bonds. The van der Waals surface area contributed by atoms with Crippen molar-refractivity contribution in [2.24, 2.45) is 0 Å². The normalized spacial score (nSPS) is 11.5. The zero-order valence-corrected chi connectivity index (χ0v) is 13.4. The predicted octanol–water partition coefficient (Wildman–Crippen LogP) is 4.67. The molecule has 5 heteroatoms. The van der Waals surface area contributed by atoms with Gasteiger partial charge >= 0.3 is 0 Å². The lowest BCUT2D eigenvalue weighted by atomic mass is 9.91. The number of aromatic nitrogens is 2. The summed E-state index contributed by atoms with van der Waals surface area (Å²) in [5.74, 6) is 0.764. The van der Waals surface area contributed by atoms with Crippen LogP contribution in [0.3, 0.4) is 0 Å². The summed E-state index contributed by atoms with van der Waals surface area (Å²) in [6.45, 7) is 9.00. The van der Waals surface area contributed by atoms with E-state index in [0.29, 0.717) is 11.4 Å². The van der Waals surface area contributed by atoms with Crippen molar-refractivity contribution in [1.29, 1.82) is 0 Å². The highest BCUT2D eigenvalue weighted by molar-refractivity contribution is 6.30. The summed E-state index contributed by atoms with van der Waals surface area (Å²) in [5, 5.41) is 3.28. The maximum Gasteiger partial charge on any atom is 0.161 e. The lowest BCUT2D eigenvalue weighted by Gasteiger charge is -2.19. The molecule has 0 saturated heterocycles. The first kappa shape index (κ1) is 15.7. The quantitative estimate of drug-likeness (QED) is 0.895. The largest absolute Gasteiger partial charge is 0.370 e. The molecule has 112 valence electrons. The van der Waals surface area contributed by atoms with Crippen LogP contribution < -0.4 is 5.32 Å². The van der Waals surface area contributed by atoms with E-state index in [4.69, 9.17) is 11.6 Å². The molecule has 1 heterocycles. The highest BCUT2D eigenvalue weighted by Crippen LogP contribution is 2.27. The molecule has 0 fully saturated rings. The minimum Gasteiger partial charge on any atom is -0.370 e. The molecule has 0 spiro atoms. The fourth-order valence-electron chi connectivity index (χ4n) is 1.87. The molecule has 0 aliphatic rings. The van der Waals surface area contributed by atoms with Crippen molar-refractivity contribution in [2.75, 3.05) is 11.9 Å². The standard InChI is InChI=1S/C16H19ClFN3/c1-5-19-14-9-13(16(2,3)4)20-15(21-14)10-6-7-11(17)12(18)8-10/h6-9H,5H2,1-4H3,(H,19,20,21). The maximum atomic E-state index is 13.6. The second kappa shape index (κ2) is 5.98. The number of rotatable bonds is 3. The highest BCUT2D eigenvalue weighted by Gasteiger charge is 2.18. The Bertz CT molecular complexity index is 650. The van der Waals surface area contributed by atoms with Crippen molar-refractivity contribution >= 4 is 17.4 Å². The third-order valence-electron chi connectivity index (χ3n) is 3.03. The maximum absolute atomic E-state index is 13.6. The van der Waals surface area contributed by atoms with E-state index < -0.39 is 5.82 Å². The van der Waals surface area contributed by atoms with Gasteiger partial charge in [-0.25, -0.2) is 14.4 Å². The zero-order valence-electron chi connectivity index (χ0n) is 12.7. The first-order valence-corrected chi connectivity index (χ1v) is 7.28. The van der Waals surface area contributed by atoms with E-state index in [1.165, 1.54) is 12.1 Å². The van der Waals surface area contributed by atoms with Gasteiger partial charge in [0.2, 0.25) is 0 Å². The van der Waals surface area contributed by atoms with Crippen LogP contribution in [0.4, 0.5) is 10.2 Å². The summed E-state index contributed by atoms with van der Waals surface area (Å²) in [5.41, 5.74) is 1.40. The summed E-state index contributed by atoms with van der Waals surface area (Å²) in [6.07, 6.45) is 0. The molecule has 1 aromatic heterocycles. The third-order valence-corrected chi connectivity index (χ3v) is 3.34. The van der Waals surface area contributed by atoms with E-state index in [1.54, 1.807) is 6.07 Å². The Morgan fingerprint density at radius 3 is 2.48 bits per heavy atom. The fourth-order valence-corrected chi connectivity index (χ4v) is 1.98. The number of benzene rings is 1. The Morgan fingerprint density at radius 1 is 1.19 bits per heavy atom. The van der Waals surface area contributed by atoms with Gasteiger partial charge in [0, 0.05) is 23.6 Å². The van der Waals surface area contributed by atoms with Gasteiger partial charge < -0.3 is 5.32 Å². The molecule has 3 nitrogen and oxygen atoms in total. The third kappa shape index (κ3) is 3.70. The minimum absolute atomic E-state index is 0.0950. The van der Waals surface area contributed by atoms with Crippen molar-refractivity contribution < 1.29 is 4.39 Å². The monoisotopic (exact) mass is 307 g/mol. The van der Waals surface area contributed by atoms with Crippen LogP contribution in [0, 0.1) is 5.82 Å². The predicted molar refractivity (Wildman–Crippen MR) is 85.3 cm³/mol. The van der Waals surface area contributed by atoms with Crippen LogP contribution in [0.2, 0.25) is 5.02 Å². The molecular formula is C16H19ClFN3.